The molecule has 1 amide bonds. The molecule has 0 saturated heterocycles. The molecule has 0 spiro atoms. The normalized spacial score (nSPS) is 11.1. The zero-order chi connectivity index (χ0) is 20.3. The second-order valence-corrected chi connectivity index (χ2v) is 8.19. The highest BCUT2D eigenvalue weighted by Crippen LogP contribution is 2.21. The largest absolute Gasteiger partial charge is 0.319 e. The van der Waals surface area contributed by atoms with E-state index in [4.69, 9.17) is 11.6 Å². The van der Waals surface area contributed by atoms with Gasteiger partial charge in [0.2, 0.25) is 0 Å². The number of carbonyl (C=O) groups excluding carboxylic acids is 1. The first-order valence-electron chi connectivity index (χ1n) is 8.20. The minimum Gasteiger partial charge on any atom is -0.319 e. The fourth-order valence-corrected chi connectivity index (χ4v) is 3.62. The van der Waals surface area contributed by atoms with Crippen LogP contribution < -0.4 is 10.0 Å². The lowest BCUT2D eigenvalue weighted by Gasteiger charge is -2.10. The highest BCUT2D eigenvalue weighted by Gasteiger charge is 2.16. The molecule has 0 aliphatic rings. The first-order chi connectivity index (χ1) is 13.2. The summed E-state index contributed by atoms with van der Waals surface area (Å²) in [5.41, 5.74) is 1.61. The minimum absolute atomic E-state index is 0.00213. The molecule has 3 rings (SSSR count). The van der Waals surface area contributed by atoms with E-state index in [1.165, 1.54) is 36.4 Å². The lowest BCUT2D eigenvalue weighted by atomic mass is 10.2. The minimum atomic E-state index is -3.80. The maximum atomic E-state index is 13.8. The predicted molar refractivity (Wildman–Crippen MR) is 108 cm³/mol. The van der Waals surface area contributed by atoms with Crippen molar-refractivity contribution in [3.8, 4) is 0 Å². The summed E-state index contributed by atoms with van der Waals surface area (Å²) in [5, 5.41) is 2.63. The molecule has 0 heterocycles. The van der Waals surface area contributed by atoms with Crippen molar-refractivity contribution in [2.75, 3.05) is 10.0 Å². The third-order valence-corrected chi connectivity index (χ3v) is 5.54. The van der Waals surface area contributed by atoms with Gasteiger partial charge in [0.05, 0.1) is 10.6 Å². The van der Waals surface area contributed by atoms with E-state index in [0.29, 0.717) is 5.69 Å². The van der Waals surface area contributed by atoms with Crippen LogP contribution in [0.5, 0.6) is 0 Å². The van der Waals surface area contributed by atoms with Crippen LogP contribution in [0.25, 0.3) is 0 Å². The number of amides is 1. The number of benzene rings is 3. The molecule has 0 aliphatic heterocycles. The number of nitrogens with one attached hydrogen (secondary N) is 2. The van der Waals surface area contributed by atoms with E-state index in [1.54, 1.807) is 24.3 Å². The Morgan fingerprint density at radius 3 is 2.21 bits per heavy atom. The first-order valence-corrected chi connectivity index (χ1v) is 10.1. The van der Waals surface area contributed by atoms with Crippen LogP contribution in [0.2, 0.25) is 5.02 Å². The smallest absolute Gasteiger partial charge is 0.261 e. The zero-order valence-corrected chi connectivity index (χ0v) is 16.3. The molecular formula is C20H16ClFN2O3S. The maximum absolute atomic E-state index is 13.8. The van der Waals surface area contributed by atoms with E-state index >= 15 is 0 Å². The lowest BCUT2D eigenvalue weighted by molar-refractivity contribution is 0.102. The van der Waals surface area contributed by atoms with E-state index in [9.17, 15) is 17.6 Å². The van der Waals surface area contributed by atoms with Gasteiger partial charge in [0, 0.05) is 16.3 Å². The Kier molecular flexibility index (Phi) is 5.67. The van der Waals surface area contributed by atoms with Crippen molar-refractivity contribution < 1.29 is 17.6 Å². The van der Waals surface area contributed by atoms with Crippen molar-refractivity contribution in [2.45, 2.75) is 11.8 Å². The Balaban J connectivity index is 1.74. The highest BCUT2D eigenvalue weighted by molar-refractivity contribution is 7.92. The van der Waals surface area contributed by atoms with Gasteiger partial charge < -0.3 is 5.32 Å². The van der Waals surface area contributed by atoms with Crippen LogP contribution in [0.4, 0.5) is 15.8 Å². The number of anilines is 2. The highest BCUT2D eigenvalue weighted by atomic mass is 35.5. The van der Waals surface area contributed by atoms with Gasteiger partial charge >= 0.3 is 0 Å². The summed E-state index contributed by atoms with van der Waals surface area (Å²) in [7, 11) is -3.80. The lowest BCUT2D eigenvalue weighted by Crippen LogP contribution is -2.15. The monoisotopic (exact) mass is 418 g/mol. The van der Waals surface area contributed by atoms with Crippen LogP contribution in [-0.2, 0) is 10.0 Å². The molecule has 28 heavy (non-hydrogen) atoms. The van der Waals surface area contributed by atoms with E-state index < -0.39 is 21.7 Å². The molecule has 0 aromatic heterocycles. The van der Waals surface area contributed by atoms with Crippen LogP contribution >= 0.6 is 11.6 Å². The number of halogens is 2. The van der Waals surface area contributed by atoms with Gasteiger partial charge in [-0.3, -0.25) is 9.52 Å². The van der Waals surface area contributed by atoms with Crippen molar-refractivity contribution in [2.24, 2.45) is 0 Å². The fourth-order valence-electron chi connectivity index (χ4n) is 2.41. The summed E-state index contributed by atoms with van der Waals surface area (Å²) < 4.78 is 41.2. The Labute approximate surface area is 167 Å². The topological polar surface area (TPSA) is 75.3 Å². The second-order valence-electron chi connectivity index (χ2n) is 6.07. The molecule has 0 fully saturated rings. The molecule has 0 atom stereocenters. The number of aryl methyl sites for hydroxylation is 1. The summed E-state index contributed by atoms with van der Waals surface area (Å²) in [6, 6.07) is 16.1. The van der Waals surface area contributed by atoms with Gasteiger partial charge in [-0.15, -0.1) is 0 Å². The number of sulfonamides is 1. The van der Waals surface area contributed by atoms with Gasteiger partial charge in [-0.2, -0.15) is 0 Å². The first kappa shape index (κ1) is 19.9. The van der Waals surface area contributed by atoms with Gasteiger partial charge in [0.1, 0.15) is 5.82 Å². The van der Waals surface area contributed by atoms with Gasteiger partial charge in [-0.25, -0.2) is 12.8 Å². The number of hydrogen-bond donors (Lipinski definition) is 2. The van der Waals surface area contributed by atoms with Crippen LogP contribution in [0, 0.1) is 12.7 Å². The van der Waals surface area contributed by atoms with Crippen molar-refractivity contribution in [1.29, 1.82) is 0 Å². The standard InChI is InChI=1S/C20H16ClFN2O3S/c1-13-2-7-16(8-3-13)24-28(26,27)17-9-4-14(5-10-17)20(25)23-19-11-6-15(21)12-18(19)22/h2-12,24H,1H3,(H,23,25). The molecule has 5 nitrogen and oxygen atoms in total. The third-order valence-electron chi connectivity index (χ3n) is 3.91. The molecule has 0 saturated carbocycles. The van der Waals surface area contributed by atoms with E-state index in [0.717, 1.165) is 11.6 Å². The average molecular weight is 419 g/mol. The second kappa shape index (κ2) is 8.00. The van der Waals surface area contributed by atoms with Gasteiger partial charge in [0.15, 0.2) is 0 Å². The summed E-state index contributed by atoms with van der Waals surface area (Å²) in [6.45, 7) is 1.90. The molecule has 0 radical (unpaired) electrons. The van der Waals surface area contributed by atoms with Crippen LogP contribution in [0.15, 0.2) is 71.6 Å². The SMILES string of the molecule is Cc1ccc(NS(=O)(=O)c2ccc(C(=O)Nc3ccc(Cl)cc3F)cc2)cc1. The number of rotatable bonds is 5. The quantitative estimate of drug-likeness (QED) is 0.622. The van der Waals surface area contributed by atoms with Gasteiger partial charge in [-0.1, -0.05) is 29.3 Å². The Morgan fingerprint density at radius 1 is 0.964 bits per heavy atom. The summed E-state index contributed by atoms with van der Waals surface area (Å²) in [4.78, 5) is 12.3. The summed E-state index contributed by atoms with van der Waals surface area (Å²) in [6.07, 6.45) is 0. The Bertz CT molecular complexity index is 1120. The van der Waals surface area contributed by atoms with Crippen molar-refractivity contribution in [1.82, 2.24) is 0 Å². The molecule has 3 aromatic rings. The van der Waals surface area contributed by atoms with E-state index in [1.807, 2.05) is 6.92 Å². The van der Waals surface area contributed by atoms with Crippen molar-refractivity contribution in [3.63, 3.8) is 0 Å². The fraction of sp³-hybridized carbons (Fsp3) is 0.0500. The van der Waals surface area contributed by atoms with E-state index in [-0.39, 0.29) is 21.2 Å². The van der Waals surface area contributed by atoms with Gasteiger partial charge in [0.25, 0.3) is 15.9 Å². The number of hydrogen-bond acceptors (Lipinski definition) is 3. The van der Waals surface area contributed by atoms with Crippen LogP contribution in [-0.4, -0.2) is 14.3 Å². The maximum Gasteiger partial charge on any atom is 0.261 e. The summed E-state index contributed by atoms with van der Waals surface area (Å²) >= 11 is 5.68. The number of carbonyl (C=O) groups is 1. The van der Waals surface area contributed by atoms with Crippen LogP contribution in [0.1, 0.15) is 15.9 Å². The molecule has 0 aliphatic carbocycles. The van der Waals surface area contributed by atoms with Crippen molar-refractivity contribution in [3.05, 3.63) is 88.7 Å². The molecule has 8 heteroatoms. The van der Waals surface area contributed by atoms with E-state index in [2.05, 4.69) is 10.0 Å². The van der Waals surface area contributed by atoms with Crippen molar-refractivity contribution >= 4 is 38.9 Å². The third kappa shape index (κ3) is 4.68. The van der Waals surface area contributed by atoms with Crippen LogP contribution in [0.3, 0.4) is 0 Å². The molecule has 2 N–H and O–H groups in total. The Hall–Kier alpha value is -2.90. The predicted octanol–water partition coefficient (Wildman–Crippen LogP) is 4.84. The Morgan fingerprint density at radius 2 is 1.61 bits per heavy atom. The molecular weight excluding hydrogens is 403 g/mol. The molecule has 3 aromatic carbocycles. The molecule has 0 bridgehead atoms. The molecule has 144 valence electrons. The molecule has 0 unspecified atom stereocenters. The zero-order valence-electron chi connectivity index (χ0n) is 14.7. The van der Waals surface area contributed by atoms with Gasteiger partial charge in [-0.05, 0) is 61.5 Å². The summed E-state index contributed by atoms with van der Waals surface area (Å²) in [5.74, 6) is -1.24. The average Bonchev–Trinajstić information content (AvgIpc) is 2.66.